The Morgan fingerprint density at radius 2 is 1.04 bits per heavy atom. The number of aromatic nitrogens is 2. The molecule has 1 aliphatic heterocycles. The van der Waals surface area contributed by atoms with Crippen LogP contribution in [0.2, 0.25) is 0 Å². The third-order valence-corrected chi connectivity index (χ3v) is 11.3. The number of thiophene rings is 1. The van der Waals surface area contributed by atoms with E-state index in [-0.39, 0.29) is 0 Å². The van der Waals surface area contributed by atoms with Gasteiger partial charge in [-0.2, -0.15) is 0 Å². The number of hydrogen-bond donors (Lipinski definition) is 0. The number of benzene rings is 6. The Morgan fingerprint density at radius 1 is 0.500 bits per heavy atom. The second-order valence-corrected chi connectivity index (χ2v) is 13.9. The third-order valence-electron chi connectivity index (χ3n) is 9.33. The SMILES string of the molecule is C=C1/C=C(/n2c3ccccc3c3ccccc32)C=CSc2cc3sc4ccc(-n5c6ccccc6c6ccccc65)cc4c3cc21. The summed E-state index contributed by atoms with van der Waals surface area (Å²) in [6, 6.07) is 46.4. The normalized spacial score (nSPS) is 14.8. The monoisotopic (exact) mass is 622 g/mol. The lowest BCUT2D eigenvalue weighted by atomic mass is 10.0. The molecule has 0 N–H and O–H groups in total. The molecule has 0 saturated heterocycles. The number of rotatable bonds is 2. The first-order valence-corrected chi connectivity index (χ1v) is 17.1. The van der Waals surface area contributed by atoms with Gasteiger partial charge in [0.05, 0.1) is 22.1 Å². The molecule has 6 aromatic carbocycles. The van der Waals surface area contributed by atoms with Crippen molar-refractivity contribution in [3.63, 3.8) is 0 Å². The molecule has 0 radical (unpaired) electrons. The molecule has 4 heteroatoms. The average molecular weight is 623 g/mol. The van der Waals surface area contributed by atoms with Crippen LogP contribution in [0.3, 0.4) is 0 Å². The van der Waals surface area contributed by atoms with Gasteiger partial charge < -0.3 is 9.13 Å². The molecule has 0 saturated carbocycles. The molecule has 0 bridgehead atoms. The Balaban J connectivity index is 1.16. The van der Waals surface area contributed by atoms with Gasteiger partial charge in [0, 0.05) is 58.0 Å². The summed E-state index contributed by atoms with van der Waals surface area (Å²) in [5.74, 6) is 0. The standard InChI is InChI=1S/C42H26N2S2/c1-26-22-28(44-38-16-8-4-12-31(38)32-13-5-9-17-39(32)44)20-21-45-41-25-42-35(24-33(26)41)34-23-27(18-19-40(34)46-42)43-36-14-6-2-10-29(36)30-11-3-7-15-37(30)43/h2-25H,1H2/b21-20?,28-22+. The fourth-order valence-electron chi connectivity index (χ4n) is 7.30. The van der Waals surface area contributed by atoms with Crippen molar-refractivity contribution >= 4 is 98.2 Å². The van der Waals surface area contributed by atoms with E-state index in [0.29, 0.717) is 0 Å². The van der Waals surface area contributed by atoms with Crippen LogP contribution in [0.4, 0.5) is 0 Å². The number of thioether (sulfide) groups is 1. The average Bonchev–Trinajstić information content (AvgIpc) is 3.74. The fraction of sp³-hybridized carbons (Fsp3) is 0. The second kappa shape index (κ2) is 9.85. The van der Waals surface area contributed by atoms with E-state index in [4.69, 9.17) is 0 Å². The summed E-state index contributed by atoms with van der Waals surface area (Å²) >= 11 is 3.64. The van der Waals surface area contributed by atoms with Crippen molar-refractivity contribution in [2.24, 2.45) is 0 Å². The number of fused-ring (bicyclic) bond motifs is 10. The summed E-state index contributed by atoms with van der Waals surface area (Å²) in [5, 5.41) is 9.87. The summed E-state index contributed by atoms with van der Waals surface area (Å²) in [4.78, 5) is 1.24. The minimum absolute atomic E-state index is 1.02. The molecule has 2 nitrogen and oxygen atoms in total. The zero-order chi connectivity index (χ0) is 30.4. The van der Waals surface area contributed by atoms with Gasteiger partial charge in [0.15, 0.2) is 0 Å². The maximum atomic E-state index is 4.64. The topological polar surface area (TPSA) is 9.86 Å². The molecule has 0 spiro atoms. The molecule has 216 valence electrons. The van der Waals surface area contributed by atoms with E-state index in [1.165, 1.54) is 79.9 Å². The molecule has 0 atom stereocenters. The number of nitrogens with zero attached hydrogens (tertiary/aromatic N) is 2. The van der Waals surface area contributed by atoms with Gasteiger partial charge in [0.25, 0.3) is 0 Å². The largest absolute Gasteiger partial charge is 0.309 e. The Morgan fingerprint density at radius 3 is 1.65 bits per heavy atom. The number of hydrogen-bond acceptors (Lipinski definition) is 2. The molecular weight excluding hydrogens is 597 g/mol. The van der Waals surface area contributed by atoms with Crippen molar-refractivity contribution in [1.29, 1.82) is 0 Å². The number of para-hydroxylation sites is 4. The predicted octanol–water partition coefficient (Wildman–Crippen LogP) is 12.4. The summed E-state index contributed by atoms with van der Waals surface area (Å²) in [7, 11) is 0. The lowest BCUT2D eigenvalue weighted by Crippen LogP contribution is -1.97. The molecule has 3 aromatic heterocycles. The Hall–Kier alpha value is -5.29. The molecule has 4 heterocycles. The molecule has 0 fully saturated rings. The molecule has 0 amide bonds. The first kappa shape index (κ1) is 26.0. The van der Waals surface area contributed by atoms with Crippen LogP contribution in [0.25, 0.3) is 80.7 Å². The van der Waals surface area contributed by atoms with E-state index in [1.807, 2.05) is 11.3 Å². The lowest BCUT2D eigenvalue weighted by Gasteiger charge is -2.15. The summed E-state index contributed by atoms with van der Waals surface area (Å²) in [6.45, 7) is 4.64. The van der Waals surface area contributed by atoms with Gasteiger partial charge in [-0.15, -0.1) is 11.3 Å². The smallest absolute Gasteiger partial charge is 0.0541 e. The maximum absolute atomic E-state index is 4.64. The lowest BCUT2D eigenvalue weighted by molar-refractivity contribution is 1.19. The zero-order valence-corrected chi connectivity index (χ0v) is 26.4. The summed E-state index contributed by atoms with van der Waals surface area (Å²) < 4.78 is 7.37. The van der Waals surface area contributed by atoms with E-state index in [9.17, 15) is 0 Å². The predicted molar refractivity (Wildman–Crippen MR) is 201 cm³/mol. The van der Waals surface area contributed by atoms with Crippen molar-refractivity contribution in [3.05, 3.63) is 157 Å². The first-order chi connectivity index (χ1) is 22.7. The highest BCUT2D eigenvalue weighted by Gasteiger charge is 2.18. The van der Waals surface area contributed by atoms with E-state index in [1.54, 1.807) is 11.8 Å². The van der Waals surface area contributed by atoms with Crippen LogP contribution >= 0.6 is 23.1 Å². The fourth-order valence-corrected chi connectivity index (χ4v) is 9.34. The van der Waals surface area contributed by atoms with E-state index in [0.717, 1.165) is 11.3 Å². The number of allylic oxidation sites excluding steroid dienone is 4. The van der Waals surface area contributed by atoms with Crippen LogP contribution in [0, 0.1) is 0 Å². The van der Waals surface area contributed by atoms with Gasteiger partial charge in [0.2, 0.25) is 0 Å². The molecule has 0 unspecified atom stereocenters. The molecule has 1 aliphatic rings. The summed E-state index contributed by atoms with van der Waals surface area (Å²) in [5.41, 5.74) is 9.36. The van der Waals surface area contributed by atoms with E-state index < -0.39 is 0 Å². The van der Waals surface area contributed by atoms with Gasteiger partial charge in [-0.25, -0.2) is 0 Å². The molecule has 10 rings (SSSR count). The highest BCUT2D eigenvalue weighted by Crippen LogP contribution is 2.43. The maximum Gasteiger partial charge on any atom is 0.0541 e. The Bertz CT molecular complexity index is 2690. The molecule has 9 aromatic rings. The van der Waals surface area contributed by atoms with Gasteiger partial charge in [0.1, 0.15) is 0 Å². The highest BCUT2D eigenvalue weighted by molar-refractivity contribution is 8.02. The van der Waals surface area contributed by atoms with Gasteiger partial charge in [-0.1, -0.05) is 91.1 Å². The zero-order valence-electron chi connectivity index (χ0n) is 24.8. The first-order valence-electron chi connectivity index (χ1n) is 15.4. The molecular formula is C42H26N2S2. The van der Waals surface area contributed by atoms with Crippen molar-refractivity contribution in [1.82, 2.24) is 9.13 Å². The van der Waals surface area contributed by atoms with Crippen molar-refractivity contribution in [2.45, 2.75) is 4.90 Å². The van der Waals surface area contributed by atoms with Crippen LogP contribution < -0.4 is 0 Å². The Kier molecular flexibility index (Phi) is 5.56. The third kappa shape index (κ3) is 3.72. The van der Waals surface area contributed by atoms with Crippen molar-refractivity contribution in [2.75, 3.05) is 0 Å². The quantitative estimate of drug-likeness (QED) is 0.186. The van der Waals surface area contributed by atoms with Crippen LogP contribution in [0.5, 0.6) is 0 Å². The minimum Gasteiger partial charge on any atom is -0.309 e. The highest BCUT2D eigenvalue weighted by atomic mass is 32.2. The van der Waals surface area contributed by atoms with E-state index >= 15 is 0 Å². The van der Waals surface area contributed by atoms with Crippen LogP contribution in [0.15, 0.2) is 156 Å². The van der Waals surface area contributed by atoms with Crippen molar-refractivity contribution < 1.29 is 0 Å². The van der Waals surface area contributed by atoms with E-state index in [2.05, 4.69) is 161 Å². The second-order valence-electron chi connectivity index (χ2n) is 11.9. The minimum atomic E-state index is 1.02. The van der Waals surface area contributed by atoms with Gasteiger partial charge in [-0.3, -0.25) is 0 Å². The Labute approximate surface area is 273 Å². The molecule has 46 heavy (non-hydrogen) atoms. The molecule has 0 aliphatic carbocycles. The van der Waals surface area contributed by atoms with Crippen molar-refractivity contribution in [3.8, 4) is 5.69 Å². The van der Waals surface area contributed by atoms with Gasteiger partial charge >= 0.3 is 0 Å². The van der Waals surface area contributed by atoms with Crippen LogP contribution in [0.1, 0.15) is 5.56 Å². The van der Waals surface area contributed by atoms with Crippen LogP contribution in [-0.2, 0) is 0 Å². The van der Waals surface area contributed by atoms with Crippen LogP contribution in [-0.4, -0.2) is 9.13 Å². The van der Waals surface area contributed by atoms with Gasteiger partial charge in [-0.05, 0) is 83.3 Å². The summed E-state index contributed by atoms with van der Waals surface area (Å²) in [6.07, 6.45) is 4.47.